The number of Topliss-reactive ketones (excluding diaryl/α,β-unsaturated/α-hetero) is 1. The van der Waals surface area contributed by atoms with Gasteiger partial charge in [-0.1, -0.05) is 0 Å². The molecule has 15 heavy (non-hydrogen) atoms. The van der Waals surface area contributed by atoms with E-state index in [2.05, 4.69) is 4.98 Å². The maximum atomic E-state index is 11.7. The average molecular weight is 206 g/mol. The lowest BCUT2D eigenvalue weighted by atomic mass is 9.99. The van der Waals surface area contributed by atoms with Gasteiger partial charge < -0.3 is 9.67 Å². The van der Waals surface area contributed by atoms with Crippen LogP contribution in [-0.4, -0.2) is 26.2 Å². The van der Waals surface area contributed by atoms with Crippen molar-refractivity contribution in [3.8, 4) is 0 Å². The molecular weight excluding hydrogens is 196 g/mol. The van der Waals surface area contributed by atoms with Crippen molar-refractivity contribution in [1.29, 1.82) is 0 Å². The molecule has 1 aliphatic rings. The van der Waals surface area contributed by atoms with Gasteiger partial charge in [0.05, 0.1) is 0 Å². The summed E-state index contributed by atoms with van der Waals surface area (Å²) in [4.78, 5) is 27.2. The predicted octanol–water partition coefficient (Wildman–Crippen LogP) is 0.238. The SMILES string of the molecule is CC1=CC(=O)c2nc(CO)n(C)c2C1=O. The highest BCUT2D eigenvalue weighted by Gasteiger charge is 2.29. The van der Waals surface area contributed by atoms with Crippen LogP contribution in [0.2, 0.25) is 0 Å². The summed E-state index contributed by atoms with van der Waals surface area (Å²) in [5, 5.41) is 8.98. The van der Waals surface area contributed by atoms with Crippen LogP contribution in [0.4, 0.5) is 0 Å². The fourth-order valence-electron chi connectivity index (χ4n) is 1.64. The number of rotatable bonds is 1. The first kappa shape index (κ1) is 9.79. The first-order chi connectivity index (χ1) is 7.06. The number of imidazole rings is 1. The molecule has 2 rings (SSSR count). The molecule has 1 aromatic heterocycles. The van der Waals surface area contributed by atoms with E-state index in [1.807, 2.05) is 0 Å². The number of aliphatic hydroxyl groups excluding tert-OH is 1. The number of ketones is 2. The molecule has 0 amide bonds. The van der Waals surface area contributed by atoms with E-state index in [4.69, 9.17) is 5.11 Å². The minimum atomic E-state index is -0.289. The van der Waals surface area contributed by atoms with E-state index in [9.17, 15) is 9.59 Å². The molecular formula is C10H10N2O3. The maximum absolute atomic E-state index is 11.7. The third-order valence-corrected chi connectivity index (χ3v) is 2.48. The molecule has 0 fully saturated rings. The molecule has 0 bridgehead atoms. The van der Waals surface area contributed by atoms with Crippen molar-refractivity contribution < 1.29 is 14.7 Å². The van der Waals surface area contributed by atoms with Crippen LogP contribution in [0.5, 0.6) is 0 Å². The summed E-state index contributed by atoms with van der Waals surface area (Å²) in [7, 11) is 1.61. The number of aliphatic hydroxyl groups is 1. The Labute approximate surface area is 86.0 Å². The molecule has 0 aliphatic heterocycles. The van der Waals surface area contributed by atoms with Crippen LogP contribution in [0.3, 0.4) is 0 Å². The van der Waals surface area contributed by atoms with Gasteiger partial charge in [0.25, 0.3) is 0 Å². The van der Waals surface area contributed by atoms with E-state index in [-0.39, 0.29) is 29.6 Å². The van der Waals surface area contributed by atoms with Crippen LogP contribution in [0.25, 0.3) is 0 Å². The lowest BCUT2D eigenvalue weighted by Gasteiger charge is -2.08. The summed E-state index contributed by atoms with van der Waals surface area (Å²) < 4.78 is 1.46. The van der Waals surface area contributed by atoms with Crippen molar-refractivity contribution in [3.05, 3.63) is 28.9 Å². The van der Waals surface area contributed by atoms with Crippen LogP contribution < -0.4 is 0 Å². The van der Waals surface area contributed by atoms with Gasteiger partial charge in [0.2, 0.25) is 11.6 Å². The number of nitrogens with zero attached hydrogens (tertiary/aromatic N) is 2. The van der Waals surface area contributed by atoms with E-state index in [0.717, 1.165) is 0 Å². The minimum absolute atomic E-state index is 0.136. The first-order valence-electron chi connectivity index (χ1n) is 4.50. The molecule has 0 atom stereocenters. The summed E-state index contributed by atoms with van der Waals surface area (Å²) in [5.74, 6) is -0.165. The van der Waals surface area contributed by atoms with E-state index in [0.29, 0.717) is 11.4 Å². The Balaban J connectivity index is 2.70. The van der Waals surface area contributed by atoms with Crippen molar-refractivity contribution in [2.75, 3.05) is 0 Å². The third-order valence-electron chi connectivity index (χ3n) is 2.48. The zero-order valence-electron chi connectivity index (χ0n) is 8.44. The highest BCUT2D eigenvalue weighted by molar-refractivity contribution is 6.22. The van der Waals surface area contributed by atoms with Crippen LogP contribution in [0, 0.1) is 0 Å². The number of carbonyl (C=O) groups excluding carboxylic acids is 2. The Kier molecular flexibility index (Phi) is 2.04. The molecule has 0 radical (unpaired) electrons. The van der Waals surface area contributed by atoms with Gasteiger partial charge in [0, 0.05) is 12.6 Å². The Morgan fingerprint density at radius 3 is 2.73 bits per heavy atom. The van der Waals surface area contributed by atoms with Crippen LogP contribution in [-0.2, 0) is 13.7 Å². The quantitative estimate of drug-likeness (QED) is 0.714. The first-order valence-corrected chi connectivity index (χ1v) is 4.50. The van der Waals surface area contributed by atoms with E-state index >= 15 is 0 Å². The monoisotopic (exact) mass is 206 g/mol. The van der Waals surface area contributed by atoms with Gasteiger partial charge in [-0.05, 0) is 13.0 Å². The van der Waals surface area contributed by atoms with Gasteiger partial charge in [0.1, 0.15) is 23.8 Å². The highest BCUT2D eigenvalue weighted by atomic mass is 16.3. The molecule has 1 aliphatic carbocycles. The summed E-state index contributed by atoms with van der Waals surface area (Å²) in [6.45, 7) is 1.30. The number of aromatic nitrogens is 2. The molecule has 78 valence electrons. The van der Waals surface area contributed by atoms with Gasteiger partial charge >= 0.3 is 0 Å². The lowest BCUT2D eigenvalue weighted by Crippen LogP contribution is -2.18. The number of fused-ring (bicyclic) bond motifs is 1. The predicted molar refractivity (Wildman–Crippen MR) is 51.5 cm³/mol. The van der Waals surface area contributed by atoms with Gasteiger partial charge in [-0.2, -0.15) is 0 Å². The van der Waals surface area contributed by atoms with Crippen LogP contribution >= 0.6 is 0 Å². The van der Waals surface area contributed by atoms with E-state index in [1.54, 1.807) is 14.0 Å². The standard InChI is InChI=1S/C10H10N2O3/c1-5-3-6(14)8-9(10(5)15)12(2)7(4-13)11-8/h3,13H,4H2,1-2H3. The Morgan fingerprint density at radius 2 is 2.13 bits per heavy atom. The van der Waals surface area contributed by atoms with Crippen molar-refractivity contribution >= 4 is 11.6 Å². The smallest absolute Gasteiger partial charge is 0.207 e. The van der Waals surface area contributed by atoms with Crippen molar-refractivity contribution in [2.24, 2.45) is 7.05 Å². The molecule has 1 aromatic rings. The van der Waals surface area contributed by atoms with Gasteiger partial charge in [0.15, 0.2) is 0 Å². The summed E-state index contributed by atoms with van der Waals surface area (Å²) >= 11 is 0. The van der Waals surface area contributed by atoms with Crippen molar-refractivity contribution in [2.45, 2.75) is 13.5 Å². The Bertz CT molecular complexity index is 497. The van der Waals surface area contributed by atoms with Gasteiger partial charge in [-0.25, -0.2) is 4.98 Å². The maximum Gasteiger partial charge on any atom is 0.207 e. The summed E-state index contributed by atoms with van der Waals surface area (Å²) in [5.41, 5.74) is 0.807. The second-order valence-electron chi connectivity index (χ2n) is 3.46. The largest absolute Gasteiger partial charge is 0.388 e. The number of hydrogen-bond acceptors (Lipinski definition) is 4. The number of allylic oxidation sites excluding steroid dienone is 2. The van der Waals surface area contributed by atoms with Gasteiger partial charge in [-0.15, -0.1) is 0 Å². The molecule has 0 saturated carbocycles. The fourth-order valence-corrected chi connectivity index (χ4v) is 1.64. The molecule has 0 unspecified atom stereocenters. The average Bonchev–Trinajstić information content (AvgIpc) is 2.53. The molecule has 1 heterocycles. The van der Waals surface area contributed by atoms with E-state index in [1.165, 1.54) is 10.6 Å². The topological polar surface area (TPSA) is 72.2 Å². The Morgan fingerprint density at radius 1 is 1.47 bits per heavy atom. The molecule has 0 saturated heterocycles. The zero-order valence-corrected chi connectivity index (χ0v) is 8.44. The summed E-state index contributed by atoms with van der Waals surface area (Å²) in [6, 6.07) is 0. The second-order valence-corrected chi connectivity index (χ2v) is 3.46. The zero-order chi connectivity index (χ0) is 11.2. The fraction of sp³-hybridized carbons (Fsp3) is 0.300. The lowest BCUT2D eigenvalue weighted by molar-refractivity contribution is 0.0977. The minimum Gasteiger partial charge on any atom is -0.388 e. The Hall–Kier alpha value is -1.75. The van der Waals surface area contributed by atoms with Crippen LogP contribution in [0.1, 0.15) is 33.7 Å². The van der Waals surface area contributed by atoms with Crippen molar-refractivity contribution in [3.63, 3.8) is 0 Å². The van der Waals surface area contributed by atoms with E-state index < -0.39 is 0 Å². The second kappa shape index (κ2) is 3.13. The third kappa shape index (κ3) is 1.24. The molecule has 0 aromatic carbocycles. The van der Waals surface area contributed by atoms with Gasteiger partial charge in [-0.3, -0.25) is 9.59 Å². The van der Waals surface area contributed by atoms with Crippen LogP contribution in [0.15, 0.2) is 11.6 Å². The number of hydrogen-bond donors (Lipinski definition) is 1. The molecule has 5 nitrogen and oxygen atoms in total. The number of carbonyl (C=O) groups is 2. The molecule has 1 N–H and O–H groups in total. The summed E-state index contributed by atoms with van der Waals surface area (Å²) in [6.07, 6.45) is 1.28. The van der Waals surface area contributed by atoms with Crippen molar-refractivity contribution in [1.82, 2.24) is 9.55 Å². The normalized spacial score (nSPS) is 15.3. The highest BCUT2D eigenvalue weighted by Crippen LogP contribution is 2.21. The molecule has 5 heteroatoms. The molecule has 0 spiro atoms.